The number of hydrogen-bond acceptors (Lipinski definition) is 4. The lowest BCUT2D eigenvalue weighted by molar-refractivity contribution is -0.111. The van der Waals surface area contributed by atoms with E-state index in [4.69, 9.17) is 37.1 Å². The predicted molar refractivity (Wildman–Crippen MR) is 133 cm³/mol. The van der Waals surface area contributed by atoms with Crippen molar-refractivity contribution >= 4 is 51.3 Å². The topological polar surface area (TPSA) is 60.7 Å². The van der Waals surface area contributed by atoms with Crippen molar-refractivity contribution in [2.45, 2.75) is 6.92 Å². The zero-order valence-corrected chi connectivity index (χ0v) is 19.8. The van der Waals surface area contributed by atoms with E-state index in [-0.39, 0.29) is 5.91 Å². The average Bonchev–Trinajstić information content (AvgIpc) is 3.21. The Bertz CT molecular complexity index is 1360. The summed E-state index contributed by atoms with van der Waals surface area (Å²) in [6.45, 7) is 1.85. The normalized spacial score (nSPS) is 11.5. The Morgan fingerprint density at radius 1 is 0.939 bits per heavy atom. The fourth-order valence-corrected chi connectivity index (χ4v) is 3.90. The van der Waals surface area contributed by atoms with Crippen LogP contribution in [-0.4, -0.2) is 20.1 Å². The summed E-state index contributed by atoms with van der Waals surface area (Å²) in [5.74, 6) is 0.797. The van der Waals surface area contributed by atoms with Crippen LogP contribution >= 0.6 is 23.2 Å². The second kappa shape index (κ2) is 9.61. The maximum absolute atomic E-state index is 12.8. The van der Waals surface area contributed by atoms with Crippen molar-refractivity contribution in [1.29, 1.82) is 0 Å². The molecule has 0 saturated heterocycles. The van der Waals surface area contributed by atoms with Crippen LogP contribution in [0.2, 0.25) is 10.0 Å². The van der Waals surface area contributed by atoms with Gasteiger partial charge in [0, 0.05) is 38.7 Å². The monoisotopic (exact) mass is 481 g/mol. The molecule has 0 aliphatic heterocycles. The lowest BCUT2D eigenvalue weighted by Crippen LogP contribution is -2.09. The van der Waals surface area contributed by atoms with E-state index in [1.807, 2.05) is 43.3 Å². The molecular formula is C26H21Cl2NO4. The van der Waals surface area contributed by atoms with Crippen molar-refractivity contribution < 1.29 is 18.7 Å². The highest BCUT2D eigenvalue weighted by atomic mass is 35.5. The minimum Gasteiger partial charge on any atom is -0.496 e. The van der Waals surface area contributed by atoms with Gasteiger partial charge in [-0.15, -0.1) is 0 Å². The third-order valence-corrected chi connectivity index (χ3v) is 5.73. The molecule has 0 aliphatic rings. The summed E-state index contributed by atoms with van der Waals surface area (Å²) in [4.78, 5) is 12.8. The molecule has 33 heavy (non-hydrogen) atoms. The number of nitrogens with one attached hydrogen (secondary N) is 1. The van der Waals surface area contributed by atoms with Crippen LogP contribution in [0.15, 0.2) is 71.4 Å². The van der Waals surface area contributed by atoms with Crippen LogP contribution in [0.25, 0.3) is 27.7 Å². The molecule has 7 heteroatoms. The van der Waals surface area contributed by atoms with Crippen LogP contribution in [0.5, 0.6) is 11.5 Å². The standard InChI is InChI=1S/C26H21Cl2NO4/c1-15(10-26(30)29-22-11-18(28)8-9-23(22)31-2)19-12-20-21(16-4-6-17(27)7-5-16)14-33-25(20)13-24(19)32-3/h4-14H,1-3H3,(H,29,30)/b15-10+. The smallest absolute Gasteiger partial charge is 0.248 e. The lowest BCUT2D eigenvalue weighted by Gasteiger charge is -2.11. The van der Waals surface area contributed by atoms with Gasteiger partial charge in [0.05, 0.1) is 26.2 Å². The maximum Gasteiger partial charge on any atom is 0.248 e. The minimum absolute atomic E-state index is 0.319. The van der Waals surface area contributed by atoms with E-state index in [9.17, 15) is 4.79 Å². The number of fused-ring (bicyclic) bond motifs is 1. The van der Waals surface area contributed by atoms with Crippen LogP contribution in [0, 0.1) is 0 Å². The summed E-state index contributed by atoms with van der Waals surface area (Å²) in [5.41, 5.74) is 4.56. The van der Waals surface area contributed by atoms with Gasteiger partial charge >= 0.3 is 0 Å². The molecule has 0 bridgehead atoms. The van der Waals surface area contributed by atoms with Gasteiger partial charge < -0.3 is 19.2 Å². The largest absolute Gasteiger partial charge is 0.496 e. The Balaban J connectivity index is 1.71. The molecule has 1 heterocycles. The highest BCUT2D eigenvalue weighted by Gasteiger charge is 2.15. The quantitative estimate of drug-likeness (QED) is 0.290. The Morgan fingerprint density at radius 2 is 1.64 bits per heavy atom. The highest BCUT2D eigenvalue weighted by Crippen LogP contribution is 2.37. The Morgan fingerprint density at radius 3 is 2.33 bits per heavy atom. The molecule has 0 aliphatic carbocycles. The Labute approximate surface area is 201 Å². The number of carbonyl (C=O) groups excluding carboxylic acids is 1. The highest BCUT2D eigenvalue weighted by molar-refractivity contribution is 6.31. The molecule has 168 valence electrons. The Kier molecular flexibility index (Phi) is 6.63. The van der Waals surface area contributed by atoms with Gasteiger partial charge in [0.25, 0.3) is 0 Å². The summed E-state index contributed by atoms with van der Waals surface area (Å²) in [6.07, 6.45) is 3.21. The molecule has 0 saturated carbocycles. The molecule has 5 nitrogen and oxygen atoms in total. The third-order valence-electron chi connectivity index (χ3n) is 5.24. The van der Waals surface area contributed by atoms with E-state index < -0.39 is 0 Å². The molecule has 0 atom stereocenters. The summed E-state index contributed by atoms with van der Waals surface area (Å²) >= 11 is 12.1. The van der Waals surface area contributed by atoms with Crippen LogP contribution in [-0.2, 0) is 4.79 Å². The SMILES string of the molecule is COc1ccc(Cl)cc1NC(=O)/C=C(\C)c1cc2c(-c3ccc(Cl)cc3)coc2cc1OC. The second-order valence-electron chi connectivity index (χ2n) is 7.37. The number of amides is 1. The number of allylic oxidation sites excluding steroid dienone is 1. The molecule has 3 aromatic carbocycles. The molecule has 1 aromatic heterocycles. The summed E-state index contributed by atoms with van der Waals surface area (Å²) in [5, 5.41) is 4.88. The number of benzene rings is 3. The lowest BCUT2D eigenvalue weighted by atomic mass is 9.99. The molecule has 0 radical (unpaired) electrons. The van der Waals surface area contributed by atoms with Crippen LogP contribution in [0.4, 0.5) is 5.69 Å². The van der Waals surface area contributed by atoms with Gasteiger partial charge in [-0.05, 0) is 54.5 Å². The van der Waals surface area contributed by atoms with Crippen molar-refractivity contribution in [3.63, 3.8) is 0 Å². The van der Waals surface area contributed by atoms with Gasteiger partial charge in [-0.1, -0.05) is 35.3 Å². The summed E-state index contributed by atoms with van der Waals surface area (Å²) in [6, 6.07) is 16.3. The fraction of sp³-hybridized carbons (Fsp3) is 0.115. The number of halogens is 2. The first kappa shape index (κ1) is 22.8. The predicted octanol–water partition coefficient (Wildman–Crippen LogP) is 7.47. The molecule has 0 spiro atoms. The molecule has 0 unspecified atom stereocenters. The van der Waals surface area contributed by atoms with E-state index in [1.165, 1.54) is 13.2 Å². The molecule has 1 amide bonds. The molecular weight excluding hydrogens is 461 g/mol. The Hall–Kier alpha value is -3.41. The summed E-state index contributed by atoms with van der Waals surface area (Å²) < 4.78 is 16.6. The summed E-state index contributed by atoms with van der Waals surface area (Å²) in [7, 11) is 3.11. The first-order chi connectivity index (χ1) is 15.9. The van der Waals surface area contributed by atoms with E-state index >= 15 is 0 Å². The number of hydrogen-bond donors (Lipinski definition) is 1. The van der Waals surface area contributed by atoms with Gasteiger partial charge in [0.1, 0.15) is 17.1 Å². The third kappa shape index (κ3) is 4.85. The maximum atomic E-state index is 12.8. The van der Waals surface area contributed by atoms with Gasteiger partial charge in [-0.3, -0.25) is 4.79 Å². The van der Waals surface area contributed by atoms with Crippen LogP contribution in [0.3, 0.4) is 0 Å². The van der Waals surface area contributed by atoms with Gasteiger partial charge in [0.15, 0.2) is 0 Å². The van der Waals surface area contributed by atoms with Crippen molar-refractivity contribution in [3.05, 3.63) is 82.5 Å². The molecule has 0 fully saturated rings. The van der Waals surface area contributed by atoms with Gasteiger partial charge in [0.2, 0.25) is 5.91 Å². The number of anilines is 1. The number of rotatable bonds is 6. The van der Waals surface area contributed by atoms with E-state index in [2.05, 4.69) is 5.32 Å². The van der Waals surface area contributed by atoms with Gasteiger partial charge in [-0.2, -0.15) is 0 Å². The minimum atomic E-state index is -0.319. The van der Waals surface area contributed by atoms with Crippen LogP contribution in [0.1, 0.15) is 12.5 Å². The van der Waals surface area contributed by atoms with E-state index in [1.54, 1.807) is 31.6 Å². The van der Waals surface area contributed by atoms with Gasteiger partial charge in [-0.25, -0.2) is 0 Å². The van der Waals surface area contributed by atoms with E-state index in [0.29, 0.717) is 32.8 Å². The van der Waals surface area contributed by atoms with Crippen molar-refractivity contribution in [1.82, 2.24) is 0 Å². The fourth-order valence-electron chi connectivity index (χ4n) is 3.61. The number of methoxy groups -OCH3 is 2. The number of carbonyl (C=O) groups is 1. The van der Waals surface area contributed by atoms with Crippen LogP contribution < -0.4 is 14.8 Å². The van der Waals surface area contributed by atoms with Crippen molar-refractivity contribution in [2.75, 3.05) is 19.5 Å². The molecule has 4 rings (SSSR count). The molecule has 4 aromatic rings. The average molecular weight is 482 g/mol. The zero-order valence-electron chi connectivity index (χ0n) is 18.2. The van der Waals surface area contributed by atoms with E-state index in [0.717, 1.165) is 27.6 Å². The van der Waals surface area contributed by atoms with Crippen molar-refractivity contribution in [3.8, 4) is 22.6 Å². The molecule has 1 N–H and O–H groups in total. The number of furan rings is 1. The van der Waals surface area contributed by atoms with Crippen molar-refractivity contribution in [2.24, 2.45) is 0 Å². The first-order valence-electron chi connectivity index (χ1n) is 10.1. The first-order valence-corrected chi connectivity index (χ1v) is 10.8. The number of ether oxygens (including phenoxy) is 2. The zero-order chi connectivity index (χ0) is 23.5. The second-order valence-corrected chi connectivity index (χ2v) is 8.24.